The van der Waals surface area contributed by atoms with Gasteiger partial charge in [0.25, 0.3) is 0 Å². The molecule has 0 radical (unpaired) electrons. The summed E-state index contributed by atoms with van der Waals surface area (Å²) < 4.78 is 5.40. The van der Waals surface area contributed by atoms with Crippen LogP contribution in [-0.2, 0) is 4.79 Å². The van der Waals surface area contributed by atoms with E-state index in [9.17, 15) is 9.90 Å². The molecule has 116 valence electrons. The Morgan fingerprint density at radius 1 is 1.57 bits per heavy atom. The van der Waals surface area contributed by atoms with Gasteiger partial charge in [-0.1, -0.05) is 29.3 Å². The first-order chi connectivity index (χ1) is 10.1. The average Bonchev–Trinajstić information content (AvgIpc) is 3.00. The van der Waals surface area contributed by atoms with E-state index < -0.39 is 6.10 Å². The lowest BCUT2D eigenvalue weighted by Crippen LogP contribution is -2.45. The van der Waals surface area contributed by atoms with Crippen molar-refractivity contribution < 1.29 is 14.6 Å². The quantitative estimate of drug-likeness (QED) is 0.725. The lowest BCUT2D eigenvalue weighted by atomic mass is 10.3. The number of rotatable bonds is 6. The molecule has 1 heterocycles. The molecule has 1 aromatic rings. The number of carbonyl (C=O) groups is 1. The number of aliphatic hydroxyl groups is 1. The highest BCUT2D eigenvalue weighted by Crippen LogP contribution is 2.31. The van der Waals surface area contributed by atoms with Gasteiger partial charge in [0, 0.05) is 18.2 Å². The highest BCUT2D eigenvalue weighted by molar-refractivity contribution is 7.99. The number of benzene rings is 1. The van der Waals surface area contributed by atoms with Gasteiger partial charge in [-0.05, 0) is 12.1 Å². The maximum atomic E-state index is 11.7. The van der Waals surface area contributed by atoms with Crippen LogP contribution in [0.15, 0.2) is 18.2 Å². The summed E-state index contributed by atoms with van der Waals surface area (Å²) in [5.41, 5.74) is 0. The minimum absolute atomic E-state index is 0.0210. The molecular formula is C13H16Cl2N2O3S. The van der Waals surface area contributed by atoms with E-state index in [-0.39, 0.29) is 25.1 Å². The Balaban J connectivity index is 1.73. The molecule has 2 unspecified atom stereocenters. The van der Waals surface area contributed by atoms with Crippen LogP contribution in [0, 0.1) is 0 Å². The van der Waals surface area contributed by atoms with Crippen LogP contribution >= 0.6 is 35.0 Å². The number of ether oxygens (including phenoxy) is 1. The van der Waals surface area contributed by atoms with Gasteiger partial charge in [-0.25, -0.2) is 0 Å². The van der Waals surface area contributed by atoms with Crippen LogP contribution < -0.4 is 15.4 Å². The van der Waals surface area contributed by atoms with E-state index >= 15 is 0 Å². The van der Waals surface area contributed by atoms with Crippen molar-refractivity contribution in [3.8, 4) is 5.75 Å². The van der Waals surface area contributed by atoms with Crippen LogP contribution in [0.3, 0.4) is 0 Å². The minimum Gasteiger partial charge on any atom is -0.489 e. The number of hydrogen-bond acceptors (Lipinski definition) is 5. The number of thioether (sulfide) groups is 1. The molecule has 0 aliphatic carbocycles. The van der Waals surface area contributed by atoms with Crippen molar-refractivity contribution in [1.29, 1.82) is 0 Å². The van der Waals surface area contributed by atoms with Gasteiger partial charge in [-0.15, -0.1) is 11.8 Å². The van der Waals surface area contributed by atoms with Gasteiger partial charge >= 0.3 is 0 Å². The van der Waals surface area contributed by atoms with E-state index in [0.29, 0.717) is 15.8 Å². The Morgan fingerprint density at radius 3 is 3.10 bits per heavy atom. The molecule has 1 aliphatic rings. The molecule has 2 rings (SSSR count). The summed E-state index contributed by atoms with van der Waals surface area (Å²) in [7, 11) is 0. The Labute approximate surface area is 137 Å². The number of amides is 1. The third-order valence-electron chi connectivity index (χ3n) is 2.89. The van der Waals surface area contributed by atoms with Gasteiger partial charge in [0.2, 0.25) is 5.91 Å². The van der Waals surface area contributed by atoms with Crippen LogP contribution in [-0.4, -0.2) is 47.9 Å². The summed E-state index contributed by atoms with van der Waals surface area (Å²) in [6, 6.07) is 4.84. The van der Waals surface area contributed by atoms with Crippen molar-refractivity contribution >= 4 is 40.9 Å². The number of aliphatic hydroxyl groups excluding tert-OH is 1. The van der Waals surface area contributed by atoms with Crippen LogP contribution in [0.2, 0.25) is 10.0 Å². The molecule has 1 aromatic carbocycles. The Bertz CT molecular complexity index is 498. The molecule has 0 spiro atoms. The fourth-order valence-corrected chi connectivity index (χ4v) is 3.03. The largest absolute Gasteiger partial charge is 0.489 e. The van der Waals surface area contributed by atoms with Gasteiger partial charge in [-0.2, -0.15) is 0 Å². The van der Waals surface area contributed by atoms with Crippen molar-refractivity contribution in [2.75, 3.05) is 24.8 Å². The smallest absolute Gasteiger partial charge is 0.238 e. The SMILES string of the molecule is O=C(NCC(O)COc1cccc(Cl)c1Cl)C1CSCN1. The van der Waals surface area contributed by atoms with Crippen LogP contribution in [0.25, 0.3) is 0 Å². The second-order valence-electron chi connectivity index (χ2n) is 4.53. The molecule has 2 atom stereocenters. The van der Waals surface area contributed by atoms with E-state index in [2.05, 4.69) is 10.6 Å². The average molecular weight is 351 g/mol. The molecule has 5 nitrogen and oxygen atoms in total. The van der Waals surface area contributed by atoms with E-state index in [1.54, 1.807) is 30.0 Å². The van der Waals surface area contributed by atoms with Gasteiger partial charge < -0.3 is 15.2 Å². The highest BCUT2D eigenvalue weighted by Gasteiger charge is 2.22. The molecule has 3 N–H and O–H groups in total. The number of nitrogens with one attached hydrogen (secondary N) is 2. The zero-order valence-electron chi connectivity index (χ0n) is 11.1. The fraction of sp³-hybridized carbons (Fsp3) is 0.462. The Kier molecular flexibility index (Phi) is 6.44. The molecule has 1 aliphatic heterocycles. The van der Waals surface area contributed by atoms with Crippen molar-refractivity contribution in [3.05, 3.63) is 28.2 Å². The zero-order chi connectivity index (χ0) is 15.2. The fourth-order valence-electron chi connectivity index (χ4n) is 1.75. The highest BCUT2D eigenvalue weighted by atomic mass is 35.5. The standard InChI is InChI=1S/C13H16Cl2N2O3S/c14-9-2-1-3-11(12(9)15)20-5-8(18)4-16-13(19)10-6-21-7-17-10/h1-3,8,10,17-18H,4-7H2,(H,16,19). The predicted molar refractivity (Wildman–Crippen MR) is 85.2 cm³/mol. The Hall–Kier alpha value is -0.660. The lowest BCUT2D eigenvalue weighted by molar-refractivity contribution is -0.122. The first kappa shape index (κ1) is 16.7. The van der Waals surface area contributed by atoms with Crippen molar-refractivity contribution in [1.82, 2.24) is 10.6 Å². The van der Waals surface area contributed by atoms with Crippen molar-refractivity contribution in [2.24, 2.45) is 0 Å². The summed E-state index contributed by atoms with van der Waals surface area (Å²) in [5, 5.41) is 16.3. The molecule has 0 bridgehead atoms. The molecule has 8 heteroatoms. The van der Waals surface area contributed by atoms with Crippen molar-refractivity contribution in [2.45, 2.75) is 12.1 Å². The normalized spacial score (nSPS) is 19.3. The molecule has 1 saturated heterocycles. The summed E-state index contributed by atoms with van der Waals surface area (Å²) in [6.45, 7) is 0.146. The van der Waals surface area contributed by atoms with Gasteiger partial charge in [0.15, 0.2) is 0 Å². The summed E-state index contributed by atoms with van der Waals surface area (Å²) in [6.07, 6.45) is -0.821. The van der Waals surface area contributed by atoms with E-state index in [1.807, 2.05) is 0 Å². The first-order valence-corrected chi connectivity index (χ1v) is 8.32. The summed E-state index contributed by atoms with van der Waals surface area (Å²) in [5.74, 6) is 1.82. The first-order valence-electron chi connectivity index (χ1n) is 6.41. The summed E-state index contributed by atoms with van der Waals surface area (Å²) in [4.78, 5) is 11.7. The molecule has 21 heavy (non-hydrogen) atoms. The van der Waals surface area contributed by atoms with Crippen LogP contribution in [0.5, 0.6) is 5.75 Å². The van der Waals surface area contributed by atoms with E-state index in [0.717, 1.165) is 11.6 Å². The lowest BCUT2D eigenvalue weighted by Gasteiger charge is -2.16. The molecule has 0 aromatic heterocycles. The van der Waals surface area contributed by atoms with Crippen LogP contribution in [0.1, 0.15) is 0 Å². The predicted octanol–water partition coefficient (Wildman–Crippen LogP) is 1.51. The molecule has 1 fully saturated rings. The monoisotopic (exact) mass is 350 g/mol. The third-order valence-corrected chi connectivity index (χ3v) is 4.63. The van der Waals surface area contributed by atoms with E-state index in [4.69, 9.17) is 27.9 Å². The molecular weight excluding hydrogens is 335 g/mol. The number of halogens is 2. The third kappa shape index (κ3) is 4.93. The number of carbonyl (C=O) groups excluding carboxylic acids is 1. The Morgan fingerprint density at radius 2 is 2.38 bits per heavy atom. The molecule has 0 saturated carbocycles. The van der Waals surface area contributed by atoms with Gasteiger partial charge in [0.1, 0.15) is 23.5 Å². The minimum atomic E-state index is -0.821. The topological polar surface area (TPSA) is 70.6 Å². The zero-order valence-corrected chi connectivity index (χ0v) is 13.5. The maximum Gasteiger partial charge on any atom is 0.238 e. The van der Waals surface area contributed by atoms with Gasteiger partial charge in [-0.3, -0.25) is 10.1 Å². The second kappa shape index (κ2) is 8.10. The van der Waals surface area contributed by atoms with Crippen LogP contribution in [0.4, 0.5) is 0 Å². The molecule has 1 amide bonds. The number of hydrogen-bond donors (Lipinski definition) is 3. The summed E-state index contributed by atoms with van der Waals surface area (Å²) >= 11 is 13.5. The van der Waals surface area contributed by atoms with E-state index in [1.165, 1.54) is 0 Å². The van der Waals surface area contributed by atoms with Gasteiger partial charge in [0.05, 0.1) is 11.1 Å². The second-order valence-corrected chi connectivity index (χ2v) is 6.35. The maximum absolute atomic E-state index is 11.7. The van der Waals surface area contributed by atoms with Crippen molar-refractivity contribution in [3.63, 3.8) is 0 Å².